The van der Waals surface area contributed by atoms with Crippen LogP contribution in [0.15, 0.2) is 18.5 Å². The van der Waals surface area contributed by atoms with Gasteiger partial charge in [-0.25, -0.2) is 0 Å². The fourth-order valence-electron chi connectivity index (χ4n) is 2.56. The Kier molecular flexibility index (Phi) is 2.46. The molecule has 0 saturated heterocycles. The highest BCUT2D eigenvalue weighted by Gasteiger charge is 2.40. The second-order valence-electron chi connectivity index (χ2n) is 5.23. The third-order valence-corrected chi connectivity index (χ3v) is 3.76. The molecule has 0 unspecified atom stereocenters. The number of nitrogen functional groups attached to an aromatic ring is 1. The van der Waals surface area contributed by atoms with E-state index in [0.29, 0.717) is 0 Å². The normalized spacial score (nSPS) is 20.1. The van der Waals surface area contributed by atoms with E-state index < -0.39 is 0 Å². The van der Waals surface area contributed by atoms with Crippen LogP contribution in [0.3, 0.4) is 0 Å². The highest BCUT2D eigenvalue weighted by Crippen LogP contribution is 2.49. The van der Waals surface area contributed by atoms with Crippen molar-refractivity contribution >= 4 is 11.4 Å². The maximum atomic E-state index is 5.71. The lowest BCUT2D eigenvalue weighted by atomic mass is 9.98. The van der Waals surface area contributed by atoms with E-state index in [1.807, 2.05) is 12.3 Å². The van der Waals surface area contributed by atoms with Gasteiger partial charge >= 0.3 is 0 Å². The summed E-state index contributed by atoms with van der Waals surface area (Å²) >= 11 is 0. The molecule has 1 aromatic heterocycles. The zero-order valence-electron chi connectivity index (χ0n) is 9.52. The first-order chi connectivity index (χ1) is 7.83. The minimum atomic E-state index is 0.736. The van der Waals surface area contributed by atoms with Crippen LogP contribution < -0.4 is 11.1 Å². The number of pyridine rings is 1. The van der Waals surface area contributed by atoms with Gasteiger partial charge in [0.1, 0.15) is 0 Å². The maximum Gasteiger partial charge on any atom is 0.0547 e. The zero-order chi connectivity index (χ0) is 11.0. The Morgan fingerprint density at radius 3 is 2.50 bits per heavy atom. The number of hydrogen-bond donors (Lipinski definition) is 2. The Labute approximate surface area is 96.4 Å². The van der Waals surface area contributed by atoms with Gasteiger partial charge in [0.25, 0.3) is 0 Å². The van der Waals surface area contributed by atoms with Crippen molar-refractivity contribution in [3.05, 3.63) is 18.5 Å². The monoisotopic (exact) mass is 217 g/mol. The molecule has 0 amide bonds. The van der Waals surface area contributed by atoms with Gasteiger partial charge < -0.3 is 11.1 Å². The molecule has 2 fully saturated rings. The van der Waals surface area contributed by atoms with Crippen molar-refractivity contribution in [1.29, 1.82) is 0 Å². The topological polar surface area (TPSA) is 50.9 Å². The van der Waals surface area contributed by atoms with Gasteiger partial charge in [-0.3, -0.25) is 4.98 Å². The average Bonchev–Trinajstić information content (AvgIpc) is 3.13. The SMILES string of the molecule is Nc1cncc(NCC(C2CC2)C2CC2)c1. The first-order valence-corrected chi connectivity index (χ1v) is 6.27. The lowest BCUT2D eigenvalue weighted by Gasteiger charge is -2.16. The van der Waals surface area contributed by atoms with Crippen LogP contribution in [0.1, 0.15) is 25.7 Å². The summed E-state index contributed by atoms with van der Waals surface area (Å²) in [5, 5.41) is 3.49. The Morgan fingerprint density at radius 2 is 1.94 bits per heavy atom. The molecule has 16 heavy (non-hydrogen) atoms. The van der Waals surface area contributed by atoms with E-state index in [0.717, 1.165) is 35.7 Å². The number of aromatic nitrogens is 1. The van der Waals surface area contributed by atoms with E-state index >= 15 is 0 Å². The quantitative estimate of drug-likeness (QED) is 0.796. The predicted octanol–water partition coefficient (Wildman–Crippen LogP) is 2.51. The molecule has 1 heterocycles. The number of anilines is 2. The molecule has 0 atom stereocenters. The molecular formula is C13H19N3. The van der Waals surface area contributed by atoms with Gasteiger partial charge in [-0.2, -0.15) is 0 Å². The number of nitrogens with one attached hydrogen (secondary N) is 1. The number of nitrogens with zero attached hydrogens (tertiary/aromatic N) is 1. The molecule has 0 spiro atoms. The molecule has 0 aliphatic heterocycles. The van der Waals surface area contributed by atoms with Gasteiger partial charge in [0.05, 0.1) is 17.6 Å². The summed E-state index contributed by atoms with van der Waals surface area (Å²) in [7, 11) is 0. The van der Waals surface area contributed by atoms with Crippen LogP contribution in [-0.4, -0.2) is 11.5 Å². The molecule has 0 bridgehead atoms. The van der Waals surface area contributed by atoms with Crippen LogP contribution in [0.2, 0.25) is 0 Å². The standard InChI is InChI=1S/C13H19N3/c14-11-5-12(7-15-6-11)16-8-13(9-1-2-9)10-3-4-10/h5-7,9-10,13,16H,1-4,8,14H2. The minimum Gasteiger partial charge on any atom is -0.397 e. The first-order valence-electron chi connectivity index (χ1n) is 6.27. The van der Waals surface area contributed by atoms with Gasteiger partial charge in [0.15, 0.2) is 0 Å². The Balaban J connectivity index is 1.58. The minimum absolute atomic E-state index is 0.736. The first kappa shape index (κ1) is 9.94. The van der Waals surface area contributed by atoms with E-state index in [-0.39, 0.29) is 0 Å². The van der Waals surface area contributed by atoms with Crippen molar-refractivity contribution < 1.29 is 0 Å². The van der Waals surface area contributed by atoms with Crippen molar-refractivity contribution in [1.82, 2.24) is 4.98 Å². The van der Waals surface area contributed by atoms with E-state index in [4.69, 9.17) is 5.73 Å². The molecule has 3 heteroatoms. The lowest BCUT2D eigenvalue weighted by Crippen LogP contribution is -2.18. The maximum absolute atomic E-state index is 5.71. The fraction of sp³-hybridized carbons (Fsp3) is 0.615. The van der Waals surface area contributed by atoms with E-state index in [1.54, 1.807) is 6.20 Å². The Hall–Kier alpha value is -1.25. The average molecular weight is 217 g/mol. The van der Waals surface area contributed by atoms with Crippen LogP contribution >= 0.6 is 0 Å². The molecule has 0 aromatic carbocycles. The Bertz CT molecular complexity index is 357. The molecule has 3 nitrogen and oxygen atoms in total. The summed E-state index contributed by atoms with van der Waals surface area (Å²) in [5.74, 6) is 2.88. The van der Waals surface area contributed by atoms with E-state index in [9.17, 15) is 0 Å². The molecule has 86 valence electrons. The molecule has 3 N–H and O–H groups in total. The predicted molar refractivity (Wildman–Crippen MR) is 66.1 cm³/mol. The molecule has 1 aromatic rings. The van der Waals surface area contributed by atoms with Crippen LogP contribution in [0.5, 0.6) is 0 Å². The number of nitrogens with two attached hydrogens (primary N) is 1. The van der Waals surface area contributed by atoms with Crippen LogP contribution in [0, 0.1) is 17.8 Å². The van der Waals surface area contributed by atoms with Gasteiger partial charge in [0, 0.05) is 12.7 Å². The summed E-state index contributed by atoms with van der Waals surface area (Å²) in [6, 6.07) is 1.96. The van der Waals surface area contributed by atoms with Crippen LogP contribution in [0.4, 0.5) is 11.4 Å². The largest absolute Gasteiger partial charge is 0.397 e. The summed E-state index contributed by atoms with van der Waals surface area (Å²) in [4.78, 5) is 4.10. The summed E-state index contributed by atoms with van der Waals surface area (Å²) in [5.41, 5.74) is 7.50. The third kappa shape index (κ3) is 2.29. The second kappa shape index (κ2) is 3.96. The third-order valence-electron chi connectivity index (χ3n) is 3.76. The van der Waals surface area contributed by atoms with Gasteiger partial charge in [0.2, 0.25) is 0 Å². The van der Waals surface area contributed by atoms with Crippen molar-refractivity contribution in [2.45, 2.75) is 25.7 Å². The van der Waals surface area contributed by atoms with Gasteiger partial charge in [-0.15, -0.1) is 0 Å². The summed E-state index contributed by atoms with van der Waals surface area (Å²) in [6.45, 7) is 1.10. The highest BCUT2D eigenvalue weighted by atomic mass is 14.9. The Morgan fingerprint density at radius 1 is 1.25 bits per heavy atom. The van der Waals surface area contributed by atoms with E-state index in [1.165, 1.54) is 25.7 Å². The second-order valence-corrected chi connectivity index (χ2v) is 5.23. The van der Waals surface area contributed by atoms with E-state index in [2.05, 4.69) is 10.3 Å². The van der Waals surface area contributed by atoms with Crippen molar-refractivity contribution in [3.63, 3.8) is 0 Å². The summed E-state index contributed by atoms with van der Waals surface area (Å²) < 4.78 is 0. The smallest absolute Gasteiger partial charge is 0.0547 e. The van der Waals surface area contributed by atoms with Gasteiger partial charge in [-0.05, 0) is 49.5 Å². The van der Waals surface area contributed by atoms with Crippen LogP contribution in [0.25, 0.3) is 0 Å². The lowest BCUT2D eigenvalue weighted by molar-refractivity contribution is 0.428. The van der Waals surface area contributed by atoms with Crippen molar-refractivity contribution in [2.24, 2.45) is 17.8 Å². The zero-order valence-corrected chi connectivity index (χ0v) is 9.52. The number of hydrogen-bond acceptors (Lipinski definition) is 3. The summed E-state index contributed by atoms with van der Waals surface area (Å²) in [6.07, 6.45) is 9.31. The molecule has 2 aliphatic rings. The molecular weight excluding hydrogens is 198 g/mol. The molecule has 3 rings (SSSR count). The van der Waals surface area contributed by atoms with Crippen LogP contribution in [-0.2, 0) is 0 Å². The van der Waals surface area contributed by atoms with Crippen molar-refractivity contribution in [3.8, 4) is 0 Å². The number of rotatable bonds is 5. The molecule has 2 aliphatic carbocycles. The molecule has 2 saturated carbocycles. The molecule has 0 radical (unpaired) electrons. The van der Waals surface area contributed by atoms with Crippen molar-refractivity contribution in [2.75, 3.05) is 17.6 Å². The van der Waals surface area contributed by atoms with Gasteiger partial charge in [-0.1, -0.05) is 0 Å². The highest BCUT2D eigenvalue weighted by molar-refractivity contribution is 5.51. The fourth-order valence-corrected chi connectivity index (χ4v) is 2.56.